The van der Waals surface area contributed by atoms with Gasteiger partial charge in [0.2, 0.25) is 0 Å². The van der Waals surface area contributed by atoms with Crippen LogP contribution >= 0.6 is 0 Å². The molecule has 0 bridgehead atoms. The first-order chi connectivity index (χ1) is 14.7. The lowest BCUT2D eigenvalue weighted by Crippen LogP contribution is -2.39. The van der Waals surface area contributed by atoms with Crippen molar-refractivity contribution >= 4 is 16.7 Å². The predicted molar refractivity (Wildman–Crippen MR) is 121 cm³/mol. The van der Waals surface area contributed by atoms with Crippen molar-refractivity contribution in [2.75, 3.05) is 13.1 Å². The van der Waals surface area contributed by atoms with Crippen molar-refractivity contribution in [3.63, 3.8) is 0 Å². The standard InChI is InChI=1S/C26H25N3O/c1-18-6-5-15-29(17-18)26(30)21-13-11-20(12-14-21)24-16-25(28-27-24)23-10-4-8-19-7-2-3-9-22(19)23/h2-4,7-14,16,18H,5-6,15,17H2,1H3,(H,27,28). The van der Waals surface area contributed by atoms with Gasteiger partial charge in [-0.2, -0.15) is 5.10 Å². The largest absolute Gasteiger partial charge is 0.338 e. The molecule has 0 aliphatic carbocycles. The van der Waals surface area contributed by atoms with Crippen LogP contribution in [0.2, 0.25) is 0 Å². The Labute approximate surface area is 176 Å². The summed E-state index contributed by atoms with van der Waals surface area (Å²) in [6.45, 7) is 3.93. The molecule has 30 heavy (non-hydrogen) atoms. The SMILES string of the molecule is CC1CCCN(C(=O)c2ccc(-c3cc(-c4cccc5ccccc45)[nH]n3)cc2)C1. The molecule has 0 spiro atoms. The number of piperidine rings is 1. The highest BCUT2D eigenvalue weighted by molar-refractivity contribution is 5.96. The van der Waals surface area contributed by atoms with E-state index in [2.05, 4.69) is 65.7 Å². The molecule has 1 aliphatic rings. The molecule has 0 radical (unpaired) electrons. The highest BCUT2D eigenvalue weighted by atomic mass is 16.2. The number of amides is 1. The second-order valence-corrected chi connectivity index (χ2v) is 8.27. The molecule has 1 amide bonds. The van der Waals surface area contributed by atoms with Crippen molar-refractivity contribution in [2.24, 2.45) is 5.92 Å². The van der Waals surface area contributed by atoms with E-state index in [1.54, 1.807) is 0 Å². The fourth-order valence-electron chi connectivity index (χ4n) is 4.41. The van der Waals surface area contributed by atoms with Crippen molar-refractivity contribution < 1.29 is 4.79 Å². The molecule has 1 N–H and O–H groups in total. The normalized spacial score (nSPS) is 16.7. The summed E-state index contributed by atoms with van der Waals surface area (Å²) in [7, 11) is 0. The minimum atomic E-state index is 0.131. The average molecular weight is 396 g/mol. The van der Waals surface area contributed by atoms with Crippen molar-refractivity contribution in [3.05, 3.63) is 78.4 Å². The number of H-pyrrole nitrogens is 1. The molecule has 2 heterocycles. The van der Waals surface area contributed by atoms with Crippen molar-refractivity contribution in [3.8, 4) is 22.5 Å². The van der Waals surface area contributed by atoms with Crippen molar-refractivity contribution in [1.29, 1.82) is 0 Å². The third-order valence-electron chi connectivity index (χ3n) is 6.03. The molecular formula is C26H25N3O. The lowest BCUT2D eigenvalue weighted by Gasteiger charge is -2.31. The second-order valence-electron chi connectivity index (χ2n) is 8.27. The van der Waals surface area contributed by atoms with E-state index in [4.69, 9.17) is 0 Å². The first-order valence-corrected chi connectivity index (χ1v) is 10.6. The number of nitrogens with zero attached hydrogens (tertiary/aromatic N) is 2. The van der Waals surface area contributed by atoms with Crippen LogP contribution in [0.15, 0.2) is 72.8 Å². The van der Waals surface area contributed by atoms with Gasteiger partial charge in [-0.15, -0.1) is 0 Å². The lowest BCUT2D eigenvalue weighted by molar-refractivity contribution is 0.0683. The zero-order chi connectivity index (χ0) is 20.5. The number of aromatic amines is 1. The van der Waals surface area contributed by atoms with E-state index in [0.717, 1.165) is 47.6 Å². The van der Waals surface area contributed by atoms with E-state index in [1.807, 2.05) is 29.2 Å². The number of aromatic nitrogens is 2. The second kappa shape index (κ2) is 7.79. The molecule has 4 heteroatoms. The Bertz CT molecular complexity index is 1190. The molecule has 1 aliphatic heterocycles. The molecule has 150 valence electrons. The summed E-state index contributed by atoms with van der Waals surface area (Å²) in [5, 5.41) is 10.1. The quantitative estimate of drug-likeness (QED) is 0.479. The predicted octanol–water partition coefficient (Wildman–Crippen LogP) is 5.77. The third-order valence-corrected chi connectivity index (χ3v) is 6.03. The van der Waals surface area contributed by atoms with Crippen LogP contribution in [0.4, 0.5) is 0 Å². The zero-order valence-corrected chi connectivity index (χ0v) is 17.1. The van der Waals surface area contributed by atoms with Gasteiger partial charge in [0.25, 0.3) is 5.91 Å². The van der Waals surface area contributed by atoms with Crippen LogP contribution < -0.4 is 0 Å². The van der Waals surface area contributed by atoms with Crippen LogP contribution in [0.25, 0.3) is 33.3 Å². The topological polar surface area (TPSA) is 49.0 Å². The Kier molecular flexibility index (Phi) is 4.83. The highest BCUT2D eigenvalue weighted by Gasteiger charge is 2.22. The van der Waals surface area contributed by atoms with Crippen LogP contribution in [0.1, 0.15) is 30.1 Å². The fraction of sp³-hybridized carbons (Fsp3) is 0.231. The zero-order valence-electron chi connectivity index (χ0n) is 17.1. The summed E-state index contributed by atoms with van der Waals surface area (Å²) >= 11 is 0. The summed E-state index contributed by atoms with van der Waals surface area (Å²) in [4.78, 5) is 14.8. The number of benzene rings is 3. The maximum Gasteiger partial charge on any atom is 0.253 e. The average Bonchev–Trinajstić information content (AvgIpc) is 3.28. The summed E-state index contributed by atoms with van der Waals surface area (Å²) in [5.74, 6) is 0.713. The fourth-order valence-corrected chi connectivity index (χ4v) is 4.41. The summed E-state index contributed by atoms with van der Waals surface area (Å²) in [6.07, 6.45) is 2.30. The molecule has 1 unspecified atom stereocenters. The summed E-state index contributed by atoms with van der Waals surface area (Å²) in [6, 6.07) is 24.6. The van der Waals surface area contributed by atoms with E-state index in [9.17, 15) is 4.79 Å². The van der Waals surface area contributed by atoms with Crippen molar-refractivity contribution in [2.45, 2.75) is 19.8 Å². The van der Waals surface area contributed by atoms with Gasteiger partial charge in [-0.25, -0.2) is 0 Å². The smallest absolute Gasteiger partial charge is 0.253 e. The summed E-state index contributed by atoms with van der Waals surface area (Å²) in [5.41, 5.74) is 4.75. The van der Waals surface area contributed by atoms with Crippen molar-refractivity contribution in [1.82, 2.24) is 15.1 Å². The minimum absolute atomic E-state index is 0.131. The van der Waals surface area contributed by atoms with E-state index in [1.165, 1.54) is 17.2 Å². The van der Waals surface area contributed by atoms with Gasteiger partial charge >= 0.3 is 0 Å². The van der Waals surface area contributed by atoms with Gasteiger partial charge in [0.05, 0.1) is 11.4 Å². The molecule has 5 rings (SSSR count). The van der Waals surface area contributed by atoms with Gasteiger partial charge in [-0.3, -0.25) is 9.89 Å². The maximum absolute atomic E-state index is 12.8. The Hall–Kier alpha value is -3.40. The minimum Gasteiger partial charge on any atom is -0.338 e. The Balaban J connectivity index is 1.39. The number of carbonyl (C=O) groups is 1. The molecule has 1 fully saturated rings. The van der Waals surface area contributed by atoms with Gasteiger partial charge in [-0.05, 0) is 47.7 Å². The molecule has 4 aromatic rings. The number of nitrogens with one attached hydrogen (secondary N) is 1. The maximum atomic E-state index is 12.8. The lowest BCUT2D eigenvalue weighted by atomic mass is 9.99. The first-order valence-electron chi connectivity index (χ1n) is 10.6. The Morgan fingerprint density at radius 3 is 2.67 bits per heavy atom. The van der Waals surface area contributed by atoms with Gasteiger partial charge in [-0.1, -0.05) is 61.5 Å². The van der Waals surface area contributed by atoms with Crippen LogP contribution in [0.5, 0.6) is 0 Å². The Morgan fingerprint density at radius 1 is 1.03 bits per heavy atom. The van der Waals surface area contributed by atoms with Crippen LogP contribution in [0, 0.1) is 5.92 Å². The van der Waals surface area contributed by atoms with Gasteiger partial charge in [0, 0.05) is 29.8 Å². The van der Waals surface area contributed by atoms with Gasteiger partial charge in [0.1, 0.15) is 0 Å². The van der Waals surface area contributed by atoms with E-state index in [-0.39, 0.29) is 5.91 Å². The van der Waals surface area contributed by atoms with E-state index < -0.39 is 0 Å². The van der Waals surface area contributed by atoms with Crippen LogP contribution in [-0.2, 0) is 0 Å². The van der Waals surface area contributed by atoms with Gasteiger partial charge < -0.3 is 4.90 Å². The van der Waals surface area contributed by atoms with E-state index in [0.29, 0.717) is 5.92 Å². The number of hydrogen-bond acceptors (Lipinski definition) is 2. The molecule has 4 nitrogen and oxygen atoms in total. The third kappa shape index (κ3) is 3.50. The number of likely N-dealkylation sites (tertiary alicyclic amines) is 1. The molecule has 3 aromatic carbocycles. The van der Waals surface area contributed by atoms with E-state index >= 15 is 0 Å². The molecular weight excluding hydrogens is 370 g/mol. The molecule has 1 aromatic heterocycles. The summed E-state index contributed by atoms with van der Waals surface area (Å²) < 4.78 is 0. The molecule has 1 saturated heterocycles. The van der Waals surface area contributed by atoms with Gasteiger partial charge in [0.15, 0.2) is 0 Å². The van der Waals surface area contributed by atoms with Crippen LogP contribution in [-0.4, -0.2) is 34.1 Å². The first kappa shape index (κ1) is 18.6. The molecule has 1 atom stereocenters. The number of carbonyl (C=O) groups excluding carboxylic acids is 1. The highest BCUT2D eigenvalue weighted by Crippen LogP contribution is 2.30. The van der Waals surface area contributed by atoms with Crippen LogP contribution in [0.3, 0.4) is 0 Å². The number of fused-ring (bicyclic) bond motifs is 1. The number of rotatable bonds is 3. The monoisotopic (exact) mass is 395 g/mol. The Morgan fingerprint density at radius 2 is 1.83 bits per heavy atom. The molecule has 0 saturated carbocycles. The number of hydrogen-bond donors (Lipinski definition) is 1.